The van der Waals surface area contributed by atoms with Crippen LogP contribution in [0.2, 0.25) is 0 Å². The number of esters is 2. The Hall–Kier alpha value is -2.42. The molecule has 0 aliphatic carbocycles. The van der Waals surface area contributed by atoms with Crippen molar-refractivity contribution in [3.8, 4) is 0 Å². The minimum atomic E-state index is -0.451. The molecular weight excluding hydrogens is 252 g/mol. The highest BCUT2D eigenvalue weighted by molar-refractivity contribution is 5.95. The van der Waals surface area contributed by atoms with E-state index in [2.05, 4.69) is 0 Å². The molecule has 2 atom stereocenters. The van der Waals surface area contributed by atoms with Crippen LogP contribution in [-0.2, 0) is 14.3 Å². The Bertz CT molecular complexity index is 564. The van der Waals surface area contributed by atoms with Crippen LogP contribution >= 0.6 is 0 Å². The molecule has 20 heavy (non-hydrogen) atoms. The molecule has 3 rings (SSSR count). The summed E-state index contributed by atoms with van der Waals surface area (Å²) in [5, 5.41) is 0. The minimum Gasteiger partial charge on any atom is -0.392 e. The lowest BCUT2D eigenvalue weighted by atomic mass is 9.83. The Labute approximate surface area is 117 Å². The topological polar surface area (TPSA) is 43.4 Å². The van der Waals surface area contributed by atoms with E-state index in [4.69, 9.17) is 4.74 Å². The zero-order valence-electron chi connectivity index (χ0n) is 10.9. The smallest absolute Gasteiger partial charge is 0.321 e. The summed E-state index contributed by atoms with van der Waals surface area (Å²) < 4.78 is 4.94. The molecule has 100 valence electrons. The van der Waals surface area contributed by atoms with Gasteiger partial charge in [0, 0.05) is 0 Å². The van der Waals surface area contributed by atoms with E-state index in [0.29, 0.717) is 6.42 Å². The molecule has 0 amide bonds. The first-order valence-corrected chi connectivity index (χ1v) is 6.61. The van der Waals surface area contributed by atoms with Crippen molar-refractivity contribution < 1.29 is 14.3 Å². The Morgan fingerprint density at radius 1 is 0.700 bits per heavy atom. The van der Waals surface area contributed by atoms with Gasteiger partial charge in [-0.3, -0.25) is 9.59 Å². The van der Waals surface area contributed by atoms with Gasteiger partial charge in [-0.05, 0) is 17.5 Å². The van der Waals surface area contributed by atoms with Gasteiger partial charge in [0.05, 0.1) is 11.8 Å². The van der Waals surface area contributed by atoms with Crippen LogP contribution in [-0.4, -0.2) is 11.9 Å². The number of hydrogen-bond donors (Lipinski definition) is 0. The van der Waals surface area contributed by atoms with Gasteiger partial charge in [0.1, 0.15) is 0 Å². The fourth-order valence-electron chi connectivity index (χ4n) is 2.58. The predicted octanol–water partition coefficient (Wildman–Crippen LogP) is 3.03. The van der Waals surface area contributed by atoms with E-state index in [-0.39, 0.29) is 11.8 Å². The maximum Gasteiger partial charge on any atom is 0.321 e. The predicted molar refractivity (Wildman–Crippen MR) is 74.1 cm³/mol. The minimum absolute atomic E-state index is 0.376. The number of rotatable bonds is 2. The Balaban J connectivity index is 1.91. The maximum atomic E-state index is 11.9. The van der Waals surface area contributed by atoms with Gasteiger partial charge in [-0.2, -0.15) is 0 Å². The quantitative estimate of drug-likeness (QED) is 0.620. The van der Waals surface area contributed by atoms with E-state index in [1.54, 1.807) is 0 Å². The monoisotopic (exact) mass is 266 g/mol. The van der Waals surface area contributed by atoms with Crippen molar-refractivity contribution in [1.29, 1.82) is 0 Å². The Morgan fingerprint density at radius 3 is 1.50 bits per heavy atom. The lowest BCUT2D eigenvalue weighted by molar-refractivity contribution is -0.166. The van der Waals surface area contributed by atoms with Crippen LogP contribution in [0.25, 0.3) is 0 Å². The molecule has 1 aliphatic rings. The van der Waals surface area contributed by atoms with Gasteiger partial charge in [-0.1, -0.05) is 60.7 Å². The molecule has 0 unspecified atom stereocenters. The molecule has 0 N–H and O–H groups in total. The molecule has 1 heterocycles. The molecule has 1 aliphatic heterocycles. The van der Waals surface area contributed by atoms with Crippen molar-refractivity contribution in [3.63, 3.8) is 0 Å². The summed E-state index contributed by atoms with van der Waals surface area (Å²) in [7, 11) is 0. The van der Waals surface area contributed by atoms with Crippen LogP contribution < -0.4 is 0 Å². The summed E-state index contributed by atoms with van der Waals surface area (Å²) in [5.41, 5.74) is 1.79. The van der Waals surface area contributed by atoms with Crippen LogP contribution in [0, 0.1) is 0 Å². The SMILES string of the molecule is O=C1OC(=O)[C@@H](c2ccccc2)C[C@@H]1c1ccccc1. The van der Waals surface area contributed by atoms with Gasteiger partial charge >= 0.3 is 11.9 Å². The number of carbonyl (C=O) groups is 2. The largest absolute Gasteiger partial charge is 0.392 e. The molecule has 0 saturated carbocycles. The molecular formula is C17H14O3. The number of benzene rings is 2. The Morgan fingerprint density at radius 2 is 1.10 bits per heavy atom. The first-order valence-electron chi connectivity index (χ1n) is 6.61. The van der Waals surface area contributed by atoms with Crippen LogP contribution in [0.15, 0.2) is 60.7 Å². The first kappa shape index (κ1) is 12.6. The van der Waals surface area contributed by atoms with Crippen molar-refractivity contribution in [2.24, 2.45) is 0 Å². The average molecular weight is 266 g/mol. The third kappa shape index (κ3) is 2.35. The molecule has 2 aromatic rings. The standard InChI is InChI=1S/C17H14O3/c18-16-14(12-7-3-1-4-8-12)11-15(17(19)20-16)13-9-5-2-6-10-13/h1-10,14-15H,11H2/t14-,15-/m1/s1. The lowest BCUT2D eigenvalue weighted by Gasteiger charge is -2.26. The third-order valence-electron chi connectivity index (χ3n) is 3.65. The zero-order chi connectivity index (χ0) is 13.9. The van der Waals surface area contributed by atoms with Crippen LogP contribution in [0.4, 0.5) is 0 Å². The molecule has 0 aromatic heterocycles. The van der Waals surface area contributed by atoms with Gasteiger partial charge in [0.15, 0.2) is 0 Å². The van der Waals surface area contributed by atoms with Crippen molar-refractivity contribution in [3.05, 3.63) is 71.8 Å². The summed E-state index contributed by atoms with van der Waals surface area (Å²) in [6.07, 6.45) is 0.464. The van der Waals surface area contributed by atoms with E-state index in [1.165, 1.54) is 0 Å². The van der Waals surface area contributed by atoms with Gasteiger partial charge in [-0.15, -0.1) is 0 Å². The molecule has 3 nitrogen and oxygen atoms in total. The zero-order valence-corrected chi connectivity index (χ0v) is 10.9. The highest BCUT2D eigenvalue weighted by Gasteiger charge is 2.38. The van der Waals surface area contributed by atoms with Crippen molar-refractivity contribution >= 4 is 11.9 Å². The second kappa shape index (κ2) is 5.29. The molecule has 1 fully saturated rings. The number of hydrogen-bond acceptors (Lipinski definition) is 3. The first-order chi connectivity index (χ1) is 9.75. The van der Waals surface area contributed by atoms with Crippen molar-refractivity contribution in [1.82, 2.24) is 0 Å². The van der Waals surface area contributed by atoms with Crippen LogP contribution in [0.1, 0.15) is 29.4 Å². The van der Waals surface area contributed by atoms with E-state index < -0.39 is 11.9 Å². The molecule has 0 bridgehead atoms. The molecule has 1 saturated heterocycles. The van der Waals surface area contributed by atoms with E-state index in [0.717, 1.165) is 11.1 Å². The second-order valence-corrected chi connectivity index (χ2v) is 4.90. The summed E-state index contributed by atoms with van der Waals surface area (Å²) in [4.78, 5) is 23.9. The van der Waals surface area contributed by atoms with Crippen molar-refractivity contribution in [2.45, 2.75) is 18.3 Å². The van der Waals surface area contributed by atoms with Crippen molar-refractivity contribution in [2.75, 3.05) is 0 Å². The normalized spacial score (nSPS) is 22.4. The van der Waals surface area contributed by atoms with Crippen LogP contribution in [0.3, 0.4) is 0 Å². The summed E-state index contributed by atoms with van der Waals surface area (Å²) in [6, 6.07) is 18.9. The van der Waals surface area contributed by atoms with E-state index >= 15 is 0 Å². The fourth-order valence-corrected chi connectivity index (χ4v) is 2.58. The van der Waals surface area contributed by atoms with Gasteiger partial charge in [0.2, 0.25) is 0 Å². The molecule has 0 radical (unpaired) electrons. The Kier molecular flexibility index (Phi) is 3.33. The average Bonchev–Trinajstić information content (AvgIpc) is 2.49. The highest BCUT2D eigenvalue weighted by atomic mass is 16.6. The maximum absolute atomic E-state index is 11.9. The number of cyclic esters (lactones) is 2. The molecule has 2 aromatic carbocycles. The number of ether oxygens (including phenoxy) is 1. The fraction of sp³-hybridized carbons (Fsp3) is 0.176. The molecule has 0 spiro atoms. The highest BCUT2D eigenvalue weighted by Crippen LogP contribution is 2.35. The van der Waals surface area contributed by atoms with E-state index in [9.17, 15) is 9.59 Å². The number of carbonyl (C=O) groups excluding carboxylic acids is 2. The van der Waals surface area contributed by atoms with Crippen LogP contribution in [0.5, 0.6) is 0 Å². The van der Waals surface area contributed by atoms with Gasteiger partial charge in [0.25, 0.3) is 0 Å². The summed E-state index contributed by atoms with van der Waals surface area (Å²) in [5.74, 6) is -1.65. The third-order valence-corrected chi connectivity index (χ3v) is 3.65. The summed E-state index contributed by atoms with van der Waals surface area (Å²) in [6.45, 7) is 0. The lowest BCUT2D eigenvalue weighted by Crippen LogP contribution is -2.32. The summed E-state index contributed by atoms with van der Waals surface area (Å²) >= 11 is 0. The van der Waals surface area contributed by atoms with Gasteiger partial charge < -0.3 is 4.74 Å². The second-order valence-electron chi connectivity index (χ2n) is 4.90. The molecule has 3 heteroatoms. The van der Waals surface area contributed by atoms with Gasteiger partial charge in [-0.25, -0.2) is 0 Å². The van der Waals surface area contributed by atoms with E-state index in [1.807, 2.05) is 60.7 Å².